The average molecular weight is 666 g/mol. The maximum absolute atomic E-state index is 13.2. The summed E-state index contributed by atoms with van der Waals surface area (Å²) in [7, 11) is 0. The topological polar surface area (TPSA) is 37.4 Å². The highest BCUT2D eigenvalue weighted by Crippen LogP contribution is 2.59. The maximum Gasteiger partial charge on any atom is 0.170 e. The Balaban J connectivity index is 1.32. The number of rotatable bonds is 8. The molecular formula is C48H43NO2. The predicted molar refractivity (Wildman–Crippen MR) is 212 cm³/mol. The third-order valence-electron chi connectivity index (χ3n) is 11.3. The maximum atomic E-state index is 13.2. The Bertz CT molecular complexity index is 2360. The molecule has 0 spiro atoms. The molecule has 0 radical (unpaired) electrons. The van der Waals surface area contributed by atoms with Crippen LogP contribution in [0.3, 0.4) is 0 Å². The molecule has 6 aromatic rings. The molecule has 0 saturated carbocycles. The average Bonchev–Trinajstić information content (AvgIpc) is 3.49. The number of para-hydroxylation sites is 2. The number of carbonyl (C=O) groups is 2. The number of hydrogen-bond donors (Lipinski definition) is 0. The van der Waals surface area contributed by atoms with Crippen molar-refractivity contribution in [2.24, 2.45) is 0 Å². The minimum Gasteiger partial charge on any atom is -0.310 e. The highest BCUT2D eigenvalue weighted by molar-refractivity contribution is 6.12. The van der Waals surface area contributed by atoms with Gasteiger partial charge < -0.3 is 4.90 Å². The molecular weight excluding hydrogens is 623 g/mol. The predicted octanol–water partition coefficient (Wildman–Crippen LogP) is 12.1. The summed E-state index contributed by atoms with van der Waals surface area (Å²) in [5.74, 6) is -1.07. The number of allylic oxidation sites excluding steroid dienone is 2. The van der Waals surface area contributed by atoms with Crippen LogP contribution in [0.5, 0.6) is 0 Å². The van der Waals surface area contributed by atoms with Crippen LogP contribution in [-0.2, 0) is 20.4 Å². The standard InChI is InChI=1S/C48H43NO2/c1-7-8-23-44(51)45(30(2)50)31-24-25-34-37-27-41-38(28-40(37)47(3,4)39(34)26-31)46-36-22-16-15-21-35(36)43(29-42(46)48(41,5)6)49(32-17-11-9-12-18-32)33-19-13-10-14-20-33/h8-29,45H,7H2,1-6H3/b23-8-. The molecule has 2 aliphatic rings. The summed E-state index contributed by atoms with van der Waals surface area (Å²) < 4.78 is 0. The monoisotopic (exact) mass is 665 g/mol. The minimum atomic E-state index is -0.791. The molecule has 0 heterocycles. The second-order valence-electron chi connectivity index (χ2n) is 15.1. The smallest absolute Gasteiger partial charge is 0.170 e. The van der Waals surface area contributed by atoms with E-state index in [1.807, 2.05) is 19.1 Å². The number of carbonyl (C=O) groups excluding carboxylic acids is 2. The molecule has 3 nitrogen and oxygen atoms in total. The van der Waals surface area contributed by atoms with Gasteiger partial charge in [-0.1, -0.05) is 120 Å². The van der Waals surface area contributed by atoms with Crippen LogP contribution >= 0.6 is 0 Å². The van der Waals surface area contributed by atoms with Gasteiger partial charge in [0.25, 0.3) is 0 Å². The zero-order valence-electron chi connectivity index (χ0n) is 30.2. The fraction of sp³-hybridized carbons (Fsp3) is 0.208. The molecule has 0 bridgehead atoms. The molecule has 6 aromatic carbocycles. The van der Waals surface area contributed by atoms with E-state index in [2.05, 4.69) is 148 Å². The van der Waals surface area contributed by atoms with E-state index < -0.39 is 5.92 Å². The Morgan fingerprint density at radius 2 is 1.18 bits per heavy atom. The van der Waals surface area contributed by atoms with Crippen LogP contribution in [0, 0.1) is 0 Å². The molecule has 1 atom stereocenters. The first-order chi connectivity index (χ1) is 24.5. The largest absolute Gasteiger partial charge is 0.310 e. The Hall–Kier alpha value is -5.54. The molecule has 2 aliphatic carbocycles. The van der Waals surface area contributed by atoms with Gasteiger partial charge in [-0.2, -0.15) is 0 Å². The van der Waals surface area contributed by atoms with E-state index in [-0.39, 0.29) is 22.4 Å². The quantitative estimate of drug-likeness (QED) is 0.120. The number of anilines is 3. The van der Waals surface area contributed by atoms with Gasteiger partial charge in [-0.25, -0.2) is 0 Å². The zero-order chi connectivity index (χ0) is 35.7. The number of nitrogens with zero attached hydrogens (tertiary/aromatic N) is 1. The SMILES string of the molecule is CC/C=C\C(=O)C(C(C)=O)c1ccc2c(c1)C(C)(C)c1cc3c(cc1-2)C(C)(C)c1cc(N(c2ccccc2)c2ccccc2)c2ccccc2c1-3. The van der Waals surface area contributed by atoms with Gasteiger partial charge in [-0.15, -0.1) is 0 Å². The molecule has 252 valence electrons. The van der Waals surface area contributed by atoms with E-state index >= 15 is 0 Å². The van der Waals surface area contributed by atoms with Crippen molar-refractivity contribution in [3.8, 4) is 22.3 Å². The Morgan fingerprint density at radius 3 is 1.80 bits per heavy atom. The van der Waals surface area contributed by atoms with Gasteiger partial charge >= 0.3 is 0 Å². The van der Waals surface area contributed by atoms with E-state index in [4.69, 9.17) is 0 Å². The molecule has 3 heteroatoms. The van der Waals surface area contributed by atoms with Crippen LogP contribution < -0.4 is 4.90 Å². The number of ketones is 2. The number of hydrogen-bond acceptors (Lipinski definition) is 3. The second-order valence-corrected chi connectivity index (χ2v) is 15.1. The van der Waals surface area contributed by atoms with Crippen molar-refractivity contribution in [1.82, 2.24) is 0 Å². The third-order valence-corrected chi connectivity index (χ3v) is 11.3. The first-order valence-corrected chi connectivity index (χ1v) is 18.1. The first-order valence-electron chi connectivity index (χ1n) is 18.1. The minimum absolute atomic E-state index is 0.129. The van der Waals surface area contributed by atoms with Gasteiger partial charge in [0.15, 0.2) is 5.78 Å². The fourth-order valence-corrected chi connectivity index (χ4v) is 8.68. The summed E-state index contributed by atoms with van der Waals surface area (Å²) >= 11 is 0. The van der Waals surface area contributed by atoms with E-state index in [0.29, 0.717) is 0 Å². The van der Waals surface area contributed by atoms with Crippen molar-refractivity contribution < 1.29 is 9.59 Å². The zero-order valence-corrected chi connectivity index (χ0v) is 30.2. The Kier molecular flexibility index (Phi) is 7.72. The van der Waals surface area contributed by atoms with Crippen molar-refractivity contribution in [2.75, 3.05) is 4.90 Å². The van der Waals surface area contributed by atoms with Crippen molar-refractivity contribution in [2.45, 2.75) is 64.7 Å². The third kappa shape index (κ3) is 5.01. The van der Waals surface area contributed by atoms with Gasteiger partial charge in [0.1, 0.15) is 11.7 Å². The van der Waals surface area contributed by atoms with E-state index in [9.17, 15) is 9.59 Å². The molecule has 0 amide bonds. The second kappa shape index (κ2) is 12.1. The fourth-order valence-electron chi connectivity index (χ4n) is 8.68. The number of Topliss-reactive ketones (excluding diaryl/α,β-unsaturated/α-hetero) is 1. The number of benzene rings is 6. The molecule has 0 saturated heterocycles. The Morgan fingerprint density at radius 1 is 0.627 bits per heavy atom. The highest BCUT2D eigenvalue weighted by atomic mass is 16.1. The molecule has 0 aromatic heterocycles. The van der Waals surface area contributed by atoms with Gasteiger partial charge in [-0.05, 0) is 117 Å². The van der Waals surface area contributed by atoms with Crippen LogP contribution in [0.1, 0.15) is 81.7 Å². The van der Waals surface area contributed by atoms with Crippen LogP contribution in [-0.4, -0.2) is 11.6 Å². The summed E-state index contributed by atoms with van der Waals surface area (Å²) in [6.45, 7) is 12.8. The summed E-state index contributed by atoms with van der Waals surface area (Å²) in [4.78, 5) is 28.4. The van der Waals surface area contributed by atoms with Crippen molar-refractivity contribution in [3.05, 3.63) is 161 Å². The first kappa shape index (κ1) is 32.7. The van der Waals surface area contributed by atoms with Crippen LogP contribution in [0.25, 0.3) is 33.0 Å². The van der Waals surface area contributed by atoms with Gasteiger partial charge in [0, 0.05) is 27.6 Å². The summed E-state index contributed by atoms with van der Waals surface area (Å²) in [6.07, 6.45) is 4.15. The molecule has 8 rings (SSSR count). The lowest BCUT2D eigenvalue weighted by Gasteiger charge is -2.29. The van der Waals surface area contributed by atoms with Crippen molar-refractivity contribution in [3.63, 3.8) is 0 Å². The normalized spacial score (nSPS) is 15.3. The summed E-state index contributed by atoms with van der Waals surface area (Å²) in [5, 5.41) is 2.45. The van der Waals surface area contributed by atoms with Crippen LogP contribution in [0.4, 0.5) is 17.1 Å². The summed E-state index contributed by atoms with van der Waals surface area (Å²) in [6, 6.07) is 43.7. The van der Waals surface area contributed by atoms with Crippen molar-refractivity contribution >= 4 is 39.4 Å². The molecule has 0 fully saturated rings. The summed E-state index contributed by atoms with van der Waals surface area (Å²) in [5.41, 5.74) is 13.7. The van der Waals surface area contributed by atoms with E-state index in [1.165, 1.54) is 56.6 Å². The molecule has 51 heavy (non-hydrogen) atoms. The molecule has 0 aliphatic heterocycles. The molecule has 0 N–H and O–H groups in total. The lowest BCUT2D eigenvalue weighted by atomic mass is 9.78. The highest BCUT2D eigenvalue weighted by Gasteiger charge is 2.43. The van der Waals surface area contributed by atoms with Gasteiger partial charge in [0.05, 0.1) is 5.69 Å². The van der Waals surface area contributed by atoms with Crippen LogP contribution in [0.15, 0.2) is 133 Å². The molecule has 1 unspecified atom stereocenters. The lowest BCUT2D eigenvalue weighted by Crippen LogP contribution is -2.20. The lowest BCUT2D eigenvalue weighted by molar-refractivity contribution is -0.125. The van der Waals surface area contributed by atoms with Crippen LogP contribution in [0.2, 0.25) is 0 Å². The van der Waals surface area contributed by atoms with Crippen molar-refractivity contribution in [1.29, 1.82) is 0 Å². The van der Waals surface area contributed by atoms with Gasteiger partial charge in [-0.3, -0.25) is 9.59 Å². The van der Waals surface area contributed by atoms with Gasteiger partial charge in [0.2, 0.25) is 0 Å². The number of fused-ring (bicyclic) bond motifs is 8. The Labute approximate surface area is 301 Å². The van der Waals surface area contributed by atoms with E-state index in [1.54, 1.807) is 6.08 Å². The van der Waals surface area contributed by atoms with E-state index in [0.717, 1.165) is 34.6 Å².